The lowest BCUT2D eigenvalue weighted by molar-refractivity contribution is -0.118. The third-order valence-electron chi connectivity index (χ3n) is 2.87. The largest absolute Gasteiger partial charge is 0.318 e. The molecule has 2 nitrogen and oxygen atoms in total. The number of aryl methyl sites for hydroxylation is 1. The molecule has 0 bridgehead atoms. The molecule has 1 atom stereocenters. The summed E-state index contributed by atoms with van der Waals surface area (Å²) in [6.45, 7) is 7.66. The molecule has 14 heavy (non-hydrogen) atoms. The van der Waals surface area contributed by atoms with Crippen LogP contribution in [0.25, 0.3) is 0 Å². The van der Waals surface area contributed by atoms with Gasteiger partial charge in [0, 0.05) is 0 Å². The maximum atomic E-state index is 11.2. The number of Topliss-reactive ketones (excluding diaryl/α,β-unsaturated/α-hetero) is 1. The normalized spacial score (nSPS) is 12.6. The molecule has 2 heteroatoms. The van der Waals surface area contributed by atoms with E-state index in [1.807, 2.05) is 19.1 Å². The van der Waals surface area contributed by atoms with E-state index in [1.165, 1.54) is 18.1 Å². The molecule has 0 spiro atoms. The molecular formula is C12H17NO. The fourth-order valence-corrected chi connectivity index (χ4v) is 1.53. The number of rotatable bonds is 2. The summed E-state index contributed by atoms with van der Waals surface area (Å²) in [4.78, 5) is 11.2. The summed E-state index contributed by atoms with van der Waals surface area (Å²) in [5, 5.41) is 0. The maximum Gasteiger partial charge on any atom is 0.150 e. The van der Waals surface area contributed by atoms with Gasteiger partial charge < -0.3 is 5.73 Å². The highest BCUT2D eigenvalue weighted by molar-refractivity contribution is 5.83. The fraction of sp³-hybridized carbons (Fsp3) is 0.417. The molecule has 0 amide bonds. The zero-order chi connectivity index (χ0) is 10.9. The van der Waals surface area contributed by atoms with Crippen molar-refractivity contribution in [1.29, 1.82) is 0 Å². The summed E-state index contributed by atoms with van der Waals surface area (Å²) in [5.41, 5.74) is 10.3. The highest BCUT2D eigenvalue weighted by atomic mass is 16.1. The van der Waals surface area contributed by atoms with Gasteiger partial charge in [0.2, 0.25) is 0 Å². The number of ketones is 1. The van der Waals surface area contributed by atoms with Crippen molar-refractivity contribution in [1.82, 2.24) is 0 Å². The molecule has 1 aromatic rings. The predicted octanol–water partition coefficient (Wildman–Crippen LogP) is 2.20. The van der Waals surface area contributed by atoms with Crippen LogP contribution in [0.5, 0.6) is 0 Å². The van der Waals surface area contributed by atoms with Gasteiger partial charge in [0.25, 0.3) is 0 Å². The zero-order valence-corrected chi connectivity index (χ0v) is 9.22. The van der Waals surface area contributed by atoms with Crippen molar-refractivity contribution in [2.45, 2.75) is 33.7 Å². The molecule has 0 heterocycles. The Hall–Kier alpha value is -1.15. The van der Waals surface area contributed by atoms with E-state index < -0.39 is 6.04 Å². The van der Waals surface area contributed by atoms with Gasteiger partial charge in [0.15, 0.2) is 5.78 Å². The molecule has 2 N–H and O–H groups in total. The topological polar surface area (TPSA) is 43.1 Å². The highest BCUT2D eigenvalue weighted by Crippen LogP contribution is 2.22. The predicted molar refractivity (Wildman–Crippen MR) is 58.3 cm³/mol. The first-order valence-electron chi connectivity index (χ1n) is 4.78. The van der Waals surface area contributed by atoms with Gasteiger partial charge in [-0.05, 0) is 49.9 Å². The molecule has 1 rings (SSSR count). The van der Waals surface area contributed by atoms with E-state index in [9.17, 15) is 4.79 Å². The van der Waals surface area contributed by atoms with E-state index in [0.717, 1.165) is 11.1 Å². The minimum absolute atomic E-state index is 0.0105. The van der Waals surface area contributed by atoms with Crippen molar-refractivity contribution < 1.29 is 4.79 Å². The first-order valence-corrected chi connectivity index (χ1v) is 4.78. The second-order valence-electron chi connectivity index (χ2n) is 3.81. The van der Waals surface area contributed by atoms with Gasteiger partial charge in [0.1, 0.15) is 0 Å². The van der Waals surface area contributed by atoms with Crippen LogP contribution in [0.15, 0.2) is 12.1 Å². The van der Waals surface area contributed by atoms with Crippen molar-refractivity contribution in [3.63, 3.8) is 0 Å². The third-order valence-corrected chi connectivity index (χ3v) is 2.87. The SMILES string of the molecule is CC(=O)C(N)c1ccc(C)c(C)c1C. The van der Waals surface area contributed by atoms with Crippen LogP contribution < -0.4 is 5.73 Å². The van der Waals surface area contributed by atoms with Crippen LogP contribution in [0.4, 0.5) is 0 Å². The lowest BCUT2D eigenvalue weighted by Gasteiger charge is -2.15. The van der Waals surface area contributed by atoms with Crippen LogP contribution >= 0.6 is 0 Å². The van der Waals surface area contributed by atoms with Gasteiger partial charge in [-0.2, -0.15) is 0 Å². The monoisotopic (exact) mass is 191 g/mol. The highest BCUT2D eigenvalue weighted by Gasteiger charge is 2.14. The number of nitrogens with two attached hydrogens (primary N) is 1. The van der Waals surface area contributed by atoms with Gasteiger partial charge in [-0.25, -0.2) is 0 Å². The van der Waals surface area contributed by atoms with Gasteiger partial charge in [-0.1, -0.05) is 12.1 Å². The fourth-order valence-electron chi connectivity index (χ4n) is 1.53. The number of hydrogen-bond donors (Lipinski definition) is 1. The average molecular weight is 191 g/mol. The Morgan fingerprint density at radius 1 is 1.21 bits per heavy atom. The number of carbonyl (C=O) groups is 1. The van der Waals surface area contributed by atoms with E-state index in [-0.39, 0.29) is 5.78 Å². The molecule has 0 aliphatic heterocycles. The van der Waals surface area contributed by atoms with Gasteiger partial charge in [0.05, 0.1) is 6.04 Å². The lowest BCUT2D eigenvalue weighted by atomic mass is 9.93. The Balaban J connectivity index is 3.24. The maximum absolute atomic E-state index is 11.2. The Bertz CT molecular complexity index is 369. The molecule has 0 saturated carbocycles. The molecule has 0 aliphatic carbocycles. The molecule has 0 fully saturated rings. The van der Waals surface area contributed by atoms with Gasteiger partial charge in [-0.15, -0.1) is 0 Å². The lowest BCUT2D eigenvalue weighted by Crippen LogP contribution is -2.20. The van der Waals surface area contributed by atoms with Gasteiger partial charge in [-0.3, -0.25) is 4.79 Å². The van der Waals surface area contributed by atoms with E-state index in [4.69, 9.17) is 5.73 Å². The second-order valence-corrected chi connectivity index (χ2v) is 3.81. The number of benzene rings is 1. The number of carbonyl (C=O) groups excluding carboxylic acids is 1. The van der Waals surface area contributed by atoms with E-state index in [0.29, 0.717) is 0 Å². The first kappa shape index (κ1) is 10.9. The minimum atomic E-state index is -0.478. The zero-order valence-electron chi connectivity index (χ0n) is 9.22. The number of hydrogen-bond acceptors (Lipinski definition) is 2. The standard InChI is InChI=1S/C12H17NO/c1-7-5-6-11(9(3)8(7)2)12(13)10(4)14/h5-6,12H,13H2,1-4H3. The molecule has 76 valence electrons. The Morgan fingerprint density at radius 3 is 2.29 bits per heavy atom. The van der Waals surface area contributed by atoms with Crippen LogP contribution in [-0.2, 0) is 4.79 Å². The van der Waals surface area contributed by atoms with Gasteiger partial charge >= 0.3 is 0 Å². The molecule has 0 aliphatic rings. The Morgan fingerprint density at radius 2 is 1.79 bits per heavy atom. The Kier molecular flexibility index (Phi) is 3.06. The van der Waals surface area contributed by atoms with E-state index in [2.05, 4.69) is 13.8 Å². The summed E-state index contributed by atoms with van der Waals surface area (Å²) in [7, 11) is 0. The van der Waals surface area contributed by atoms with Crippen molar-refractivity contribution in [3.8, 4) is 0 Å². The minimum Gasteiger partial charge on any atom is -0.318 e. The first-order chi connectivity index (χ1) is 6.45. The van der Waals surface area contributed by atoms with Crippen LogP contribution in [0.3, 0.4) is 0 Å². The summed E-state index contributed by atoms with van der Waals surface area (Å²) >= 11 is 0. The summed E-state index contributed by atoms with van der Waals surface area (Å²) in [6.07, 6.45) is 0. The summed E-state index contributed by atoms with van der Waals surface area (Å²) in [6, 6.07) is 3.48. The molecule has 0 saturated heterocycles. The summed E-state index contributed by atoms with van der Waals surface area (Å²) < 4.78 is 0. The summed E-state index contributed by atoms with van der Waals surface area (Å²) in [5.74, 6) is 0.0105. The molecule has 1 unspecified atom stereocenters. The molecule has 0 aromatic heterocycles. The quantitative estimate of drug-likeness (QED) is 0.778. The molecular weight excluding hydrogens is 174 g/mol. The van der Waals surface area contributed by atoms with Crippen molar-refractivity contribution >= 4 is 5.78 Å². The molecule has 1 aromatic carbocycles. The van der Waals surface area contributed by atoms with E-state index in [1.54, 1.807) is 0 Å². The second kappa shape index (κ2) is 3.93. The van der Waals surface area contributed by atoms with Crippen LogP contribution in [0.2, 0.25) is 0 Å². The van der Waals surface area contributed by atoms with Crippen molar-refractivity contribution in [2.75, 3.05) is 0 Å². The van der Waals surface area contributed by atoms with Crippen molar-refractivity contribution in [3.05, 3.63) is 34.4 Å². The van der Waals surface area contributed by atoms with E-state index >= 15 is 0 Å². The smallest absolute Gasteiger partial charge is 0.150 e. The Labute approximate surface area is 85.1 Å². The van der Waals surface area contributed by atoms with Crippen LogP contribution in [-0.4, -0.2) is 5.78 Å². The average Bonchev–Trinajstić information content (AvgIpc) is 2.13. The van der Waals surface area contributed by atoms with Crippen LogP contribution in [0, 0.1) is 20.8 Å². The third kappa shape index (κ3) is 1.85. The van der Waals surface area contributed by atoms with Crippen molar-refractivity contribution in [2.24, 2.45) is 5.73 Å². The van der Waals surface area contributed by atoms with Crippen LogP contribution in [0.1, 0.15) is 35.2 Å². The molecule has 0 radical (unpaired) electrons.